The molecule has 0 unspecified atom stereocenters. The molecule has 6 nitrogen and oxygen atoms in total. The van der Waals surface area contributed by atoms with Crippen LogP contribution in [0.4, 0.5) is 0 Å². The van der Waals surface area contributed by atoms with Gasteiger partial charge in [-0.15, -0.1) is 11.3 Å². The first kappa shape index (κ1) is 19.9. The van der Waals surface area contributed by atoms with Crippen LogP contribution in [0, 0.1) is 0 Å². The third-order valence-electron chi connectivity index (χ3n) is 5.60. The lowest BCUT2D eigenvalue weighted by atomic mass is 10.0. The summed E-state index contributed by atoms with van der Waals surface area (Å²) in [6.07, 6.45) is 1.74. The molecule has 0 N–H and O–H groups in total. The lowest BCUT2D eigenvalue weighted by Crippen LogP contribution is -2.38. The first-order valence-corrected chi connectivity index (χ1v) is 11.2. The summed E-state index contributed by atoms with van der Waals surface area (Å²) in [5, 5.41) is 2.97. The minimum absolute atomic E-state index is 0.152. The molecular formula is C24H22N2O4S. The number of fused-ring (bicyclic) bond motifs is 3. The van der Waals surface area contributed by atoms with Gasteiger partial charge in [-0.2, -0.15) is 0 Å². The summed E-state index contributed by atoms with van der Waals surface area (Å²) in [6, 6.07) is 15.0. The highest BCUT2D eigenvalue weighted by atomic mass is 32.1. The second-order valence-corrected chi connectivity index (χ2v) is 8.39. The van der Waals surface area contributed by atoms with E-state index in [1.54, 1.807) is 16.7 Å². The van der Waals surface area contributed by atoms with Gasteiger partial charge in [-0.1, -0.05) is 30.3 Å². The van der Waals surface area contributed by atoms with Crippen LogP contribution in [-0.2, 0) is 9.47 Å². The van der Waals surface area contributed by atoms with Crippen LogP contribution >= 0.6 is 11.3 Å². The number of thiophene rings is 1. The molecule has 4 heterocycles. The summed E-state index contributed by atoms with van der Waals surface area (Å²) in [6.45, 7) is 4.06. The topological polar surface area (TPSA) is 60.2 Å². The minimum Gasteiger partial charge on any atom is -0.461 e. The fourth-order valence-corrected chi connectivity index (χ4v) is 4.90. The number of hydrogen-bond acceptors (Lipinski definition) is 6. The Bertz CT molecular complexity index is 1290. The van der Waals surface area contributed by atoms with Crippen LogP contribution < -0.4 is 5.56 Å². The number of pyridine rings is 2. The van der Waals surface area contributed by atoms with Crippen LogP contribution in [0.5, 0.6) is 0 Å². The zero-order valence-corrected chi connectivity index (χ0v) is 17.8. The van der Waals surface area contributed by atoms with Crippen LogP contribution in [-0.4, -0.2) is 54.7 Å². The Morgan fingerprint density at radius 3 is 2.71 bits per heavy atom. The molecule has 0 bridgehead atoms. The molecule has 0 spiro atoms. The Labute approximate surface area is 183 Å². The van der Waals surface area contributed by atoms with Gasteiger partial charge in [0.2, 0.25) is 0 Å². The number of carbonyl (C=O) groups is 1. The summed E-state index contributed by atoms with van der Waals surface area (Å²) in [5.74, 6) is -0.413. The second kappa shape index (κ2) is 8.63. The number of rotatable bonds is 5. The lowest BCUT2D eigenvalue weighted by molar-refractivity contribution is 0.0196. The Morgan fingerprint density at radius 1 is 1.10 bits per heavy atom. The van der Waals surface area contributed by atoms with E-state index in [-0.39, 0.29) is 5.56 Å². The SMILES string of the molecule is O=C(OCCN1CCOCC1)c1cc(-c2ccccc2)c(=O)n2ccc3ccsc3c12. The maximum atomic E-state index is 13.3. The Morgan fingerprint density at radius 2 is 1.90 bits per heavy atom. The molecule has 0 saturated carbocycles. The van der Waals surface area contributed by atoms with Gasteiger partial charge in [-0.3, -0.25) is 14.1 Å². The Kier molecular flexibility index (Phi) is 5.55. The first-order valence-electron chi connectivity index (χ1n) is 10.3. The molecule has 1 saturated heterocycles. The molecule has 1 aromatic carbocycles. The number of carbonyl (C=O) groups excluding carboxylic acids is 1. The van der Waals surface area contributed by atoms with Gasteiger partial charge >= 0.3 is 5.97 Å². The monoisotopic (exact) mass is 434 g/mol. The van der Waals surface area contributed by atoms with Crippen molar-refractivity contribution >= 4 is 32.9 Å². The molecule has 0 amide bonds. The molecule has 1 aliphatic rings. The number of hydrogen-bond donors (Lipinski definition) is 0. The van der Waals surface area contributed by atoms with Gasteiger partial charge in [-0.25, -0.2) is 4.79 Å². The highest BCUT2D eigenvalue weighted by molar-refractivity contribution is 7.18. The van der Waals surface area contributed by atoms with Crippen LogP contribution in [0.1, 0.15) is 10.4 Å². The molecule has 0 atom stereocenters. The maximum absolute atomic E-state index is 13.3. The van der Waals surface area contributed by atoms with E-state index < -0.39 is 5.97 Å². The third kappa shape index (κ3) is 3.87. The van der Waals surface area contributed by atoms with Crippen molar-refractivity contribution in [3.63, 3.8) is 0 Å². The van der Waals surface area contributed by atoms with Crippen molar-refractivity contribution in [1.82, 2.24) is 9.30 Å². The van der Waals surface area contributed by atoms with Crippen molar-refractivity contribution in [2.45, 2.75) is 0 Å². The summed E-state index contributed by atoms with van der Waals surface area (Å²) in [7, 11) is 0. The molecule has 4 aromatic rings. The lowest BCUT2D eigenvalue weighted by Gasteiger charge is -2.26. The van der Waals surface area contributed by atoms with Gasteiger partial charge in [0.25, 0.3) is 5.56 Å². The maximum Gasteiger partial charge on any atom is 0.340 e. The first-order chi connectivity index (χ1) is 15.2. The number of morpholine rings is 1. The molecule has 1 aliphatic heterocycles. The molecular weight excluding hydrogens is 412 g/mol. The Hall–Kier alpha value is -3.00. The van der Waals surface area contributed by atoms with Crippen molar-refractivity contribution in [2.75, 3.05) is 39.5 Å². The highest BCUT2D eigenvalue weighted by Crippen LogP contribution is 2.29. The van der Waals surface area contributed by atoms with E-state index in [4.69, 9.17) is 9.47 Å². The summed E-state index contributed by atoms with van der Waals surface area (Å²) in [4.78, 5) is 28.7. The van der Waals surface area contributed by atoms with Gasteiger partial charge in [0, 0.05) is 31.4 Å². The standard InChI is InChI=1S/C24H22N2O4S/c27-23-19(17-4-2-1-3-5-17)16-20(21-22-18(7-15-31-22)6-8-26(21)23)24(28)30-14-11-25-9-12-29-13-10-25/h1-8,15-16H,9-14H2. The smallest absolute Gasteiger partial charge is 0.340 e. The van der Waals surface area contributed by atoms with Gasteiger partial charge in [0.05, 0.1) is 29.0 Å². The average Bonchev–Trinajstić information content (AvgIpc) is 3.30. The highest BCUT2D eigenvalue weighted by Gasteiger charge is 2.20. The minimum atomic E-state index is -0.413. The van der Waals surface area contributed by atoms with E-state index >= 15 is 0 Å². The number of benzene rings is 1. The summed E-state index contributed by atoms with van der Waals surface area (Å²) in [5.41, 5.74) is 2.12. The molecule has 0 aliphatic carbocycles. The van der Waals surface area contributed by atoms with Crippen molar-refractivity contribution in [2.24, 2.45) is 0 Å². The fourth-order valence-electron chi connectivity index (χ4n) is 3.96. The van der Waals surface area contributed by atoms with E-state index in [0.717, 1.165) is 28.7 Å². The van der Waals surface area contributed by atoms with Crippen LogP contribution in [0.2, 0.25) is 0 Å². The van der Waals surface area contributed by atoms with Gasteiger partial charge in [0.15, 0.2) is 0 Å². The second-order valence-electron chi connectivity index (χ2n) is 7.47. The number of esters is 1. The van der Waals surface area contributed by atoms with Crippen molar-refractivity contribution in [3.05, 3.63) is 76.0 Å². The molecule has 5 rings (SSSR count). The van der Waals surface area contributed by atoms with E-state index in [2.05, 4.69) is 4.90 Å². The Balaban J connectivity index is 1.56. The number of nitrogens with zero attached hydrogens (tertiary/aromatic N) is 2. The zero-order chi connectivity index (χ0) is 21.2. The molecule has 3 aromatic heterocycles. The molecule has 0 radical (unpaired) electrons. The van der Waals surface area contributed by atoms with Gasteiger partial charge in [0.1, 0.15) is 6.61 Å². The van der Waals surface area contributed by atoms with E-state index in [0.29, 0.717) is 43.0 Å². The number of ether oxygens (including phenoxy) is 2. The van der Waals surface area contributed by atoms with Crippen LogP contribution in [0.15, 0.2) is 64.9 Å². The molecule has 7 heteroatoms. The quantitative estimate of drug-likeness (QED) is 0.449. The largest absolute Gasteiger partial charge is 0.461 e. The van der Waals surface area contributed by atoms with Gasteiger partial charge < -0.3 is 9.47 Å². The number of aromatic nitrogens is 1. The molecule has 158 valence electrons. The predicted molar refractivity (Wildman–Crippen MR) is 122 cm³/mol. The van der Waals surface area contributed by atoms with Gasteiger partial charge in [-0.05, 0) is 34.5 Å². The van der Waals surface area contributed by atoms with Crippen molar-refractivity contribution in [3.8, 4) is 11.1 Å². The average molecular weight is 435 g/mol. The summed E-state index contributed by atoms with van der Waals surface area (Å²) < 4.78 is 13.5. The fraction of sp³-hybridized carbons (Fsp3) is 0.250. The summed E-state index contributed by atoms with van der Waals surface area (Å²) >= 11 is 1.52. The van der Waals surface area contributed by atoms with E-state index in [1.807, 2.05) is 47.8 Å². The molecule has 1 fully saturated rings. The van der Waals surface area contributed by atoms with Crippen molar-refractivity contribution in [1.29, 1.82) is 0 Å². The van der Waals surface area contributed by atoms with Crippen molar-refractivity contribution < 1.29 is 14.3 Å². The zero-order valence-electron chi connectivity index (χ0n) is 17.0. The predicted octanol–water partition coefficient (Wildman–Crippen LogP) is 3.67. The van der Waals surface area contributed by atoms with Crippen LogP contribution in [0.3, 0.4) is 0 Å². The van der Waals surface area contributed by atoms with Crippen LogP contribution in [0.25, 0.3) is 26.7 Å². The molecule has 31 heavy (non-hydrogen) atoms. The van der Waals surface area contributed by atoms with E-state index in [9.17, 15) is 9.59 Å². The van der Waals surface area contributed by atoms with E-state index in [1.165, 1.54) is 11.3 Å². The normalized spacial score (nSPS) is 14.8. The third-order valence-corrected chi connectivity index (χ3v) is 6.53.